The molecule has 2 aromatic rings. The fraction of sp³-hybridized carbons (Fsp3) is 0.238. The Bertz CT molecular complexity index is 872. The van der Waals surface area contributed by atoms with Gasteiger partial charge in [-0.05, 0) is 41.1 Å². The van der Waals surface area contributed by atoms with Gasteiger partial charge in [0.1, 0.15) is 5.82 Å². The fourth-order valence-corrected chi connectivity index (χ4v) is 4.15. The fourth-order valence-electron chi connectivity index (χ4n) is 3.18. The number of hydrogen-bond acceptors (Lipinski definition) is 4. The summed E-state index contributed by atoms with van der Waals surface area (Å²) < 4.78 is 13.0. The van der Waals surface area contributed by atoms with Crippen molar-refractivity contribution in [1.29, 1.82) is 0 Å². The normalized spacial score (nSPS) is 19.6. The van der Waals surface area contributed by atoms with Crippen molar-refractivity contribution in [3.8, 4) is 0 Å². The van der Waals surface area contributed by atoms with Crippen LogP contribution in [0.3, 0.4) is 0 Å². The summed E-state index contributed by atoms with van der Waals surface area (Å²) in [6, 6.07) is 16.6. The lowest BCUT2D eigenvalue weighted by atomic mass is 10.2. The van der Waals surface area contributed by atoms with Crippen LogP contribution in [0.25, 0.3) is 6.08 Å². The molecule has 2 heterocycles. The first kappa shape index (κ1) is 17.9. The Labute approximate surface area is 162 Å². The maximum Gasteiger partial charge on any atom is 0.286 e. The van der Waals surface area contributed by atoms with Crippen molar-refractivity contribution in [3.05, 3.63) is 76.4 Å². The lowest BCUT2D eigenvalue weighted by Crippen LogP contribution is -2.47. The zero-order chi connectivity index (χ0) is 18.6. The molecule has 138 valence electrons. The molecule has 0 aliphatic carbocycles. The third kappa shape index (κ3) is 4.46. The predicted molar refractivity (Wildman–Crippen MR) is 108 cm³/mol. The van der Waals surface area contributed by atoms with Crippen LogP contribution in [0, 0.1) is 5.82 Å². The molecule has 2 aliphatic heterocycles. The Morgan fingerprint density at radius 2 is 1.70 bits per heavy atom. The average molecular weight is 381 g/mol. The summed E-state index contributed by atoms with van der Waals surface area (Å²) in [5, 5.41) is 0.771. The lowest BCUT2D eigenvalue weighted by molar-refractivity contribution is -0.113. The first-order chi connectivity index (χ1) is 13.2. The quantitative estimate of drug-likeness (QED) is 0.761. The van der Waals surface area contributed by atoms with E-state index in [9.17, 15) is 9.18 Å². The highest BCUT2D eigenvalue weighted by Gasteiger charge is 2.28. The van der Waals surface area contributed by atoms with Gasteiger partial charge in [0.25, 0.3) is 5.91 Å². The Hall–Kier alpha value is -2.44. The Morgan fingerprint density at radius 3 is 2.41 bits per heavy atom. The highest BCUT2D eigenvalue weighted by Crippen LogP contribution is 2.30. The van der Waals surface area contributed by atoms with E-state index in [4.69, 9.17) is 0 Å². The zero-order valence-electron chi connectivity index (χ0n) is 14.8. The SMILES string of the molecule is O=C1N=C(N2CCN(Cc3ccccc3)CC2)S/C1=C\c1ccc(F)cc1. The number of piperazine rings is 1. The Morgan fingerprint density at radius 1 is 1.00 bits per heavy atom. The number of amides is 1. The van der Waals surface area contributed by atoms with Crippen LogP contribution < -0.4 is 0 Å². The minimum absolute atomic E-state index is 0.217. The average Bonchev–Trinajstić information content (AvgIpc) is 3.05. The largest absolute Gasteiger partial charge is 0.348 e. The molecule has 1 saturated heterocycles. The number of benzene rings is 2. The van der Waals surface area contributed by atoms with Gasteiger partial charge in [0, 0.05) is 32.7 Å². The predicted octanol–water partition coefficient (Wildman–Crippen LogP) is 3.61. The van der Waals surface area contributed by atoms with Crippen molar-refractivity contribution in [2.45, 2.75) is 6.54 Å². The van der Waals surface area contributed by atoms with E-state index in [2.05, 4.69) is 39.1 Å². The molecule has 6 heteroatoms. The minimum Gasteiger partial charge on any atom is -0.348 e. The number of carbonyl (C=O) groups excluding carboxylic acids is 1. The number of nitrogens with zero attached hydrogens (tertiary/aromatic N) is 3. The first-order valence-electron chi connectivity index (χ1n) is 8.97. The van der Waals surface area contributed by atoms with E-state index >= 15 is 0 Å². The summed E-state index contributed by atoms with van der Waals surface area (Å²) in [4.78, 5) is 21.6. The minimum atomic E-state index is -0.284. The summed E-state index contributed by atoms with van der Waals surface area (Å²) in [7, 11) is 0. The second-order valence-electron chi connectivity index (χ2n) is 6.61. The maximum atomic E-state index is 13.0. The second-order valence-corrected chi connectivity index (χ2v) is 7.62. The van der Waals surface area contributed by atoms with Crippen LogP contribution in [0.4, 0.5) is 4.39 Å². The van der Waals surface area contributed by atoms with Gasteiger partial charge in [-0.2, -0.15) is 4.99 Å². The smallest absolute Gasteiger partial charge is 0.286 e. The Kier molecular flexibility index (Phi) is 5.36. The van der Waals surface area contributed by atoms with Crippen molar-refractivity contribution in [3.63, 3.8) is 0 Å². The Balaban J connectivity index is 1.34. The summed E-state index contributed by atoms with van der Waals surface area (Å²) in [6.45, 7) is 4.55. The number of rotatable bonds is 3. The number of hydrogen-bond donors (Lipinski definition) is 0. The molecule has 0 N–H and O–H groups in total. The molecule has 1 fully saturated rings. The van der Waals surface area contributed by atoms with E-state index in [1.165, 1.54) is 29.5 Å². The van der Waals surface area contributed by atoms with Crippen LogP contribution >= 0.6 is 11.8 Å². The monoisotopic (exact) mass is 381 g/mol. The van der Waals surface area contributed by atoms with Gasteiger partial charge in [-0.1, -0.05) is 42.5 Å². The molecular formula is C21H20FN3OS. The maximum absolute atomic E-state index is 13.0. The number of amidine groups is 1. The standard InChI is InChI=1S/C21H20FN3OS/c22-18-8-6-16(7-9-18)14-19-20(26)23-21(27-19)25-12-10-24(11-13-25)15-17-4-2-1-3-5-17/h1-9,14H,10-13,15H2/b19-14-. The molecule has 0 radical (unpaired) electrons. The molecule has 1 amide bonds. The van der Waals surface area contributed by atoms with E-state index in [1.807, 2.05) is 6.07 Å². The van der Waals surface area contributed by atoms with Crippen molar-refractivity contribution in [2.24, 2.45) is 4.99 Å². The molecule has 4 rings (SSSR count). The van der Waals surface area contributed by atoms with Gasteiger partial charge < -0.3 is 4.90 Å². The summed E-state index contributed by atoms with van der Waals surface area (Å²) in [5.41, 5.74) is 2.12. The molecule has 2 aliphatic rings. The molecule has 27 heavy (non-hydrogen) atoms. The number of aliphatic imine (C=N–C) groups is 1. The number of carbonyl (C=O) groups is 1. The second kappa shape index (κ2) is 8.06. The molecule has 0 spiro atoms. The summed E-state index contributed by atoms with van der Waals surface area (Å²) in [5.74, 6) is -0.501. The van der Waals surface area contributed by atoms with Crippen molar-refractivity contribution in [2.75, 3.05) is 26.2 Å². The molecule has 0 unspecified atom stereocenters. The van der Waals surface area contributed by atoms with Crippen LogP contribution in [0.5, 0.6) is 0 Å². The topological polar surface area (TPSA) is 35.9 Å². The molecule has 0 aromatic heterocycles. The molecule has 0 atom stereocenters. The van der Waals surface area contributed by atoms with E-state index in [0.29, 0.717) is 4.91 Å². The van der Waals surface area contributed by atoms with Crippen LogP contribution in [0.15, 0.2) is 64.5 Å². The highest BCUT2D eigenvalue weighted by molar-refractivity contribution is 8.18. The van der Waals surface area contributed by atoms with Gasteiger partial charge >= 0.3 is 0 Å². The van der Waals surface area contributed by atoms with Crippen LogP contribution in [-0.2, 0) is 11.3 Å². The third-order valence-electron chi connectivity index (χ3n) is 4.67. The van der Waals surface area contributed by atoms with Crippen LogP contribution in [0.1, 0.15) is 11.1 Å². The van der Waals surface area contributed by atoms with Gasteiger partial charge in [-0.25, -0.2) is 4.39 Å². The van der Waals surface area contributed by atoms with Gasteiger partial charge in [0.15, 0.2) is 5.17 Å². The van der Waals surface area contributed by atoms with Gasteiger partial charge in [0.05, 0.1) is 4.91 Å². The van der Waals surface area contributed by atoms with E-state index in [0.717, 1.165) is 43.5 Å². The van der Waals surface area contributed by atoms with E-state index < -0.39 is 0 Å². The van der Waals surface area contributed by atoms with E-state index in [-0.39, 0.29) is 11.7 Å². The molecule has 0 bridgehead atoms. The molecule has 2 aromatic carbocycles. The molecule has 4 nitrogen and oxygen atoms in total. The van der Waals surface area contributed by atoms with E-state index in [1.54, 1.807) is 18.2 Å². The van der Waals surface area contributed by atoms with Gasteiger partial charge in [0.2, 0.25) is 0 Å². The third-order valence-corrected chi connectivity index (χ3v) is 5.71. The molecular weight excluding hydrogens is 361 g/mol. The summed E-state index contributed by atoms with van der Waals surface area (Å²) in [6.07, 6.45) is 1.77. The molecule has 0 saturated carbocycles. The van der Waals surface area contributed by atoms with Crippen molar-refractivity contribution >= 4 is 28.9 Å². The zero-order valence-corrected chi connectivity index (χ0v) is 15.7. The highest BCUT2D eigenvalue weighted by atomic mass is 32.2. The first-order valence-corrected chi connectivity index (χ1v) is 9.78. The number of halogens is 1. The van der Waals surface area contributed by atoms with Crippen molar-refractivity contribution in [1.82, 2.24) is 9.80 Å². The summed E-state index contributed by atoms with van der Waals surface area (Å²) >= 11 is 1.40. The lowest BCUT2D eigenvalue weighted by Gasteiger charge is -2.35. The van der Waals surface area contributed by atoms with Crippen LogP contribution in [-0.4, -0.2) is 47.1 Å². The van der Waals surface area contributed by atoms with Crippen molar-refractivity contribution < 1.29 is 9.18 Å². The van der Waals surface area contributed by atoms with Gasteiger partial charge in [-0.15, -0.1) is 0 Å². The van der Waals surface area contributed by atoms with Gasteiger partial charge in [-0.3, -0.25) is 9.69 Å². The number of thioether (sulfide) groups is 1. The van der Waals surface area contributed by atoms with Crippen LogP contribution in [0.2, 0.25) is 0 Å².